The number of benzene rings is 1. The van der Waals surface area contributed by atoms with E-state index in [0.29, 0.717) is 12.4 Å². The second kappa shape index (κ2) is 8.15. The van der Waals surface area contributed by atoms with Crippen LogP contribution in [0.1, 0.15) is 19.4 Å². The molecule has 5 heteroatoms. The number of hydrogen-bond donors (Lipinski definition) is 3. The molecule has 0 fully saturated rings. The molecule has 0 aliphatic rings. The van der Waals surface area contributed by atoms with E-state index in [1.54, 1.807) is 6.92 Å². The van der Waals surface area contributed by atoms with Gasteiger partial charge in [0.05, 0.1) is 0 Å². The highest BCUT2D eigenvalue weighted by Crippen LogP contribution is 2.20. The average Bonchev–Trinajstić information content (AvgIpc) is 2.39. The number of nitrogen functional groups attached to an aromatic ring is 1. The Labute approximate surface area is 135 Å². The van der Waals surface area contributed by atoms with Crippen LogP contribution in [0, 0.1) is 5.41 Å². The lowest BCUT2D eigenvalue weighted by Gasteiger charge is -2.17. The van der Waals surface area contributed by atoms with Gasteiger partial charge in [-0.15, -0.1) is 0 Å². The standard InChI is InChI=1S/C17H29N3OSi/c1-13(18)17(15-6-8-16(19)9-7-15)14(2)20-12-21-10-11-22(3,4)5/h6-9,18,20H,10-12,19H2,1-5H3/b17-14+,18-13?. The van der Waals surface area contributed by atoms with E-state index in [-0.39, 0.29) is 0 Å². The first kappa shape index (κ1) is 18.5. The number of hydrogen-bond acceptors (Lipinski definition) is 4. The van der Waals surface area contributed by atoms with Crippen molar-refractivity contribution in [1.82, 2.24) is 5.32 Å². The fraction of sp³-hybridized carbons (Fsp3) is 0.471. The first-order valence-electron chi connectivity index (χ1n) is 7.64. The highest BCUT2D eigenvalue weighted by atomic mass is 28.3. The third kappa shape index (κ3) is 6.45. The summed E-state index contributed by atoms with van der Waals surface area (Å²) in [4.78, 5) is 0. The van der Waals surface area contributed by atoms with Crippen molar-refractivity contribution in [2.75, 3.05) is 19.1 Å². The van der Waals surface area contributed by atoms with Gasteiger partial charge < -0.3 is 21.2 Å². The number of anilines is 1. The van der Waals surface area contributed by atoms with Gasteiger partial charge in [-0.25, -0.2) is 0 Å². The summed E-state index contributed by atoms with van der Waals surface area (Å²) in [5.41, 5.74) is 9.82. The van der Waals surface area contributed by atoms with Gasteiger partial charge in [0, 0.05) is 37.3 Å². The van der Waals surface area contributed by atoms with E-state index in [4.69, 9.17) is 15.9 Å². The summed E-state index contributed by atoms with van der Waals surface area (Å²) in [5.74, 6) is 0. The molecule has 0 atom stereocenters. The van der Waals surface area contributed by atoms with Crippen LogP contribution >= 0.6 is 0 Å². The summed E-state index contributed by atoms with van der Waals surface area (Å²) in [6, 6.07) is 8.76. The Kier molecular flexibility index (Phi) is 6.84. The van der Waals surface area contributed by atoms with Crippen molar-refractivity contribution in [2.24, 2.45) is 0 Å². The zero-order valence-corrected chi connectivity index (χ0v) is 15.4. The summed E-state index contributed by atoms with van der Waals surface area (Å²) in [6.07, 6.45) is 0. The quantitative estimate of drug-likeness (QED) is 0.223. The number of nitrogens with one attached hydrogen (secondary N) is 2. The van der Waals surface area contributed by atoms with Crippen molar-refractivity contribution in [2.45, 2.75) is 39.5 Å². The van der Waals surface area contributed by atoms with Crippen molar-refractivity contribution in [1.29, 1.82) is 5.41 Å². The monoisotopic (exact) mass is 319 g/mol. The molecule has 0 aliphatic carbocycles. The van der Waals surface area contributed by atoms with E-state index in [2.05, 4.69) is 25.0 Å². The fourth-order valence-electron chi connectivity index (χ4n) is 2.06. The summed E-state index contributed by atoms with van der Waals surface area (Å²) in [5, 5.41) is 11.3. The van der Waals surface area contributed by atoms with Gasteiger partial charge in [-0.3, -0.25) is 0 Å². The maximum atomic E-state index is 8.01. The second-order valence-corrected chi connectivity index (χ2v) is 12.4. The Morgan fingerprint density at radius 2 is 1.77 bits per heavy atom. The van der Waals surface area contributed by atoms with Crippen molar-refractivity contribution in [3.63, 3.8) is 0 Å². The molecule has 1 aromatic rings. The maximum absolute atomic E-state index is 8.01. The molecule has 4 nitrogen and oxygen atoms in total. The van der Waals surface area contributed by atoms with E-state index in [0.717, 1.165) is 35.2 Å². The van der Waals surface area contributed by atoms with Crippen LogP contribution < -0.4 is 11.1 Å². The molecule has 0 unspecified atom stereocenters. The lowest BCUT2D eigenvalue weighted by atomic mass is 10.00. The summed E-state index contributed by atoms with van der Waals surface area (Å²) < 4.78 is 5.66. The van der Waals surface area contributed by atoms with Gasteiger partial charge in [0.25, 0.3) is 0 Å². The molecule has 0 bridgehead atoms. The lowest BCUT2D eigenvalue weighted by molar-refractivity contribution is 0.135. The Bertz CT molecular complexity index is 530. The van der Waals surface area contributed by atoms with E-state index in [1.165, 1.54) is 0 Å². The van der Waals surface area contributed by atoms with Crippen LogP contribution in [0.5, 0.6) is 0 Å². The molecule has 0 aliphatic heterocycles. The van der Waals surface area contributed by atoms with E-state index < -0.39 is 8.07 Å². The molecule has 0 spiro atoms. The van der Waals surface area contributed by atoms with Crippen molar-refractivity contribution >= 4 is 25.0 Å². The summed E-state index contributed by atoms with van der Waals surface area (Å²) >= 11 is 0. The molecule has 22 heavy (non-hydrogen) atoms. The molecule has 0 saturated heterocycles. The van der Waals surface area contributed by atoms with Crippen molar-refractivity contribution in [3.8, 4) is 0 Å². The van der Waals surface area contributed by atoms with Crippen molar-refractivity contribution in [3.05, 3.63) is 35.5 Å². The van der Waals surface area contributed by atoms with Gasteiger partial charge in [0.2, 0.25) is 0 Å². The lowest BCUT2D eigenvalue weighted by Crippen LogP contribution is -2.24. The second-order valence-electron chi connectivity index (χ2n) is 6.79. The van der Waals surface area contributed by atoms with Crippen LogP contribution in [0.4, 0.5) is 5.69 Å². The molecule has 1 aromatic carbocycles. The molecule has 0 aromatic heterocycles. The van der Waals surface area contributed by atoms with E-state index >= 15 is 0 Å². The van der Waals surface area contributed by atoms with Gasteiger partial charge in [0.15, 0.2) is 0 Å². The third-order valence-electron chi connectivity index (χ3n) is 3.39. The molecule has 0 heterocycles. The minimum Gasteiger partial charge on any atom is -0.399 e. The number of nitrogens with two attached hydrogens (primary N) is 1. The molecular weight excluding hydrogens is 290 g/mol. The normalized spacial score (nSPS) is 12.8. The van der Waals surface area contributed by atoms with Crippen LogP contribution in [-0.4, -0.2) is 27.1 Å². The van der Waals surface area contributed by atoms with Crippen molar-refractivity contribution < 1.29 is 4.74 Å². The molecule has 0 radical (unpaired) electrons. The van der Waals surface area contributed by atoms with Gasteiger partial charge in [-0.05, 0) is 37.6 Å². The average molecular weight is 320 g/mol. The Balaban J connectivity index is 2.66. The molecule has 1 rings (SSSR count). The largest absolute Gasteiger partial charge is 0.399 e. The smallest absolute Gasteiger partial charge is 0.116 e. The maximum Gasteiger partial charge on any atom is 0.116 e. The number of ether oxygens (including phenoxy) is 1. The number of allylic oxidation sites excluding steroid dienone is 2. The zero-order valence-electron chi connectivity index (χ0n) is 14.4. The van der Waals surface area contributed by atoms with Crippen LogP contribution in [0.15, 0.2) is 30.0 Å². The highest BCUT2D eigenvalue weighted by Gasteiger charge is 2.12. The summed E-state index contributed by atoms with van der Waals surface area (Å²) in [6.45, 7) is 12.1. The van der Waals surface area contributed by atoms with E-state index in [9.17, 15) is 0 Å². The third-order valence-corrected chi connectivity index (χ3v) is 5.09. The Morgan fingerprint density at radius 1 is 1.18 bits per heavy atom. The van der Waals surface area contributed by atoms with Gasteiger partial charge >= 0.3 is 0 Å². The molecule has 0 amide bonds. The molecular formula is C17H29N3OSi. The van der Waals surface area contributed by atoms with Gasteiger partial charge in [0.1, 0.15) is 6.73 Å². The SMILES string of the molecule is CC(=N)/C(=C(/C)NCOCC[Si](C)(C)C)c1ccc(N)cc1. The predicted molar refractivity (Wildman–Crippen MR) is 99.0 cm³/mol. The molecule has 0 saturated carbocycles. The van der Waals surface area contributed by atoms with Gasteiger partial charge in [-0.1, -0.05) is 31.8 Å². The summed E-state index contributed by atoms with van der Waals surface area (Å²) in [7, 11) is -1.04. The molecule has 122 valence electrons. The van der Waals surface area contributed by atoms with Crippen LogP contribution in [-0.2, 0) is 4.74 Å². The minimum atomic E-state index is -1.04. The van der Waals surface area contributed by atoms with Crippen LogP contribution in [0.3, 0.4) is 0 Å². The zero-order chi connectivity index (χ0) is 16.8. The first-order chi connectivity index (χ1) is 10.2. The first-order valence-corrected chi connectivity index (χ1v) is 11.4. The Hall–Kier alpha value is -1.59. The number of rotatable bonds is 8. The highest BCUT2D eigenvalue weighted by molar-refractivity contribution is 6.76. The predicted octanol–water partition coefficient (Wildman–Crippen LogP) is 3.94. The fourth-order valence-corrected chi connectivity index (χ4v) is 2.82. The van der Waals surface area contributed by atoms with Crippen LogP contribution in [0.2, 0.25) is 25.7 Å². The van der Waals surface area contributed by atoms with Gasteiger partial charge in [-0.2, -0.15) is 0 Å². The van der Waals surface area contributed by atoms with E-state index in [1.807, 2.05) is 31.2 Å². The van der Waals surface area contributed by atoms with Crippen LogP contribution in [0.25, 0.3) is 5.57 Å². The Morgan fingerprint density at radius 3 is 2.27 bits per heavy atom. The topological polar surface area (TPSA) is 71.1 Å². The minimum absolute atomic E-state index is 0.474. The molecule has 4 N–H and O–H groups in total.